The molecular formula is C20H17N3O. The van der Waals surface area contributed by atoms with E-state index < -0.39 is 0 Å². The Morgan fingerprint density at radius 3 is 2.83 bits per heavy atom. The number of rotatable bonds is 0. The van der Waals surface area contributed by atoms with Crippen molar-refractivity contribution in [2.75, 3.05) is 0 Å². The van der Waals surface area contributed by atoms with Crippen LogP contribution in [-0.2, 0) is 12.8 Å². The molecule has 4 heteroatoms. The van der Waals surface area contributed by atoms with Gasteiger partial charge in [0.2, 0.25) is 0 Å². The lowest BCUT2D eigenvalue weighted by Gasteiger charge is -2.08. The van der Waals surface area contributed by atoms with Gasteiger partial charge in [0.15, 0.2) is 0 Å². The van der Waals surface area contributed by atoms with Gasteiger partial charge in [-0.2, -0.15) is 0 Å². The Labute approximate surface area is 140 Å². The third-order valence-corrected chi connectivity index (χ3v) is 4.35. The van der Waals surface area contributed by atoms with Gasteiger partial charge in [0.1, 0.15) is 11.3 Å². The zero-order valence-electron chi connectivity index (χ0n) is 13.3. The van der Waals surface area contributed by atoms with Gasteiger partial charge in [-0.15, -0.1) is 0 Å². The first-order valence-electron chi connectivity index (χ1n) is 8.28. The summed E-state index contributed by atoms with van der Waals surface area (Å²) in [5, 5.41) is 0. The second kappa shape index (κ2) is 6.29. The van der Waals surface area contributed by atoms with E-state index in [4.69, 9.17) is 4.98 Å². The van der Waals surface area contributed by atoms with E-state index in [9.17, 15) is 4.79 Å². The number of nitrogens with zero attached hydrogens (tertiary/aromatic N) is 3. The highest BCUT2D eigenvalue weighted by atomic mass is 16.1. The SMILES string of the molecule is O=c1c2c(nc3cc(C#Cc4ccccn4)ccn13)CCCCC2. The van der Waals surface area contributed by atoms with Crippen molar-refractivity contribution in [3.63, 3.8) is 0 Å². The van der Waals surface area contributed by atoms with Crippen LogP contribution in [0, 0.1) is 11.8 Å². The van der Waals surface area contributed by atoms with Crippen LogP contribution in [0.4, 0.5) is 0 Å². The van der Waals surface area contributed by atoms with Crippen molar-refractivity contribution >= 4 is 5.65 Å². The fourth-order valence-corrected chi connectivity index (χ4v) is 3.10. The fourth-order valence-electron chi connectivity index (χ4n) is 3.10. The van der Waals surface area contributed by atoms with Crippen LogP contribution >= 0.6 is 0 Å². The Morgan fingerprint density at radius 2 is 1.96 bits per heavy atom. The molecule has 118 valence electrons. The predicted molar refractivity (Wildman–Crippen MR) is 92.9 cm³/mol. The summed E-state index contributed by atoms with van der Waals surface area (Å²) in [6.07, 6.45) is 8.57. The monoisotopic (exact) mass is 315 g/mol. The summed E-state index contributed by atoms with van der Waals surface area (Å²) in [7, 11) is 0. The Bertz CT molecular complexity index is 1010. The van der Waals surface area contributed by atoms with Gasteiger partial charge in [0, 0.05) is 23.5 Å². The van der Waals surface area contributed by atoms with E-state index in [2.05, 4.69) is 16.8 Å². The highest BCUT2D eigenvalue weighted by molar-refractivity contribution is 5.50. The van der Waals surface area contributed by atoms with Crippen molar-refractivity contribution in [2.24, 2.45) is 0 Å². The van der Waals surface area contributed by atoms with E-state index >= 15 is 0 Å². The van der Waals surface area contributed by atoms with Gasteiger partial charge >= 0.3 is 0 Å². The molecule has 0 bridgehead atoms. The maximum atomic E-state index is 12.7. The molecule has 0 atom stereocenters. The van der Waals surface area contributed by atoms with E-state index in [1.807, 2.05) is 30.3 Å². The smallest absolute Gasteiger partial charge is 0.261 e. The van der Waals surface area contributed by atoms with E-state index in [1.165, 1.54) is 0 Å². The van der Waals surface area contributed by atoms with Gasteiger partial charge < -0.3 is 0 Å². The molecular weight excluding hydrogens is 298 g/mol. The zero-order valence-corrected chi connectivity index (χ0v) is 13.3. The summed E-state index contributed by atoms with van der Waals surface area (Å²) in [5.41, 5.74) is 4.16. The molecule has 0 unspecified atom stereocenters. The van der Waals surface area contributed by atoms with Crippen LogP contribution in [0.1, 0.15) is 41.8 Å². The lowest BCUT2D eigenvalue weighted by molar-refractivity contribution is 0.708. The Balaban J connectivity index is 1.79. The van der Waals surface area contributed by atoms with Crippen LogP contribution in [0.3, 0.4) is 0 Å². The number of aryl methyl sites for hydroxylation is 1. The summed E-state index contributed by atoms with van der Waals surface area (Å²) in [5.74, 6) is 6.13. The number of hydrogen-bond donors (Lipinski definition) is 0. The molecule has 3 aromatic heterocycles. The van der Waals surface area contributed by atoms with Crippen molar-refractivity contribution in [1.82, 2.24) is 14.4 Å². The molecule has 0 fully saturated rings. The average Bonchev–Trinajstić information content (AvgIpc) is 2.86. The van der Waals surface area contributed by atoms with Gasteiger partial charge in [0.25, 0.3) is 5.56 Å². The minimum absolute atomic E-state index is 0.0705. The molecule has 0 spiro atoms. The second-order valence-electron chi connectivity index (χ2n) is 6.01. The molecule has 0 aromatic carbocycles. The minimum atomic E-state index is 0.0705. The first-order chi connectivity index (χ1) is 11.8. The van der Waals surface area contributed by atoms with Crippen LogP contribution in [0.15, 0.2) is 47.5 Å². The highest BCUT2D eigenvalue weighted by Gasteiger charge is 2.15. The summed E-state index contributed by atoms with van der Waals surface area (Å²) < 4.78 is 1.64. The van der Waals surface area contributed by atoms with Crippen molar-refractivity contribution in [3.05, 3.63) is 75.6 Å². The van der Waals surface area contributed by atoms with Crippen molar-refractivity contribution in [2.45, 2.75) is 32.1 Å². The van der Waals surface area contributed by atoms with Crippen LogP contribution in [0.5, 0.6) is 0 Å². The molecule has 4 rings (SSSR count). The van der Waals surface area contributed by atoms with E-state index in [1.54, 1.807) is 16.8 Å². The molecule has 0 amide bonds. The highest BCUT2D eigenvalue weighted by Crippen LogP contribution is 2.17. The van der Waals surface area contributed by atoms with Gasteiger partial charge in [0.05, 0.1) is 5.69 Å². The quantitative estimate of drug-likeness (QED) is 0.473. The first kappa shape index (κ1) is 14.6. The van der Waals surface area contributed by atoms with Crippen LogP contribution in [-0.4, -0.2) is 14.4 Å². The standard InChI is InChI=1S/C20H17N3O/c24-20-17-7-2-1-3-8-18(17)22-19-14-15(11-13-23(19)20)9-10-16-6-4-5-12-21-16/h4-6,11-14H,1-3,7-8H2. The maximum Gasteiger partial charge on any atom is 0.261 e. The molecule has 0 aliphatic heterocycles. The third-order valence-electron chi connectivity index (χ3n) is 4.35. The second-order valence-corrected chi connectivity index (χ2v) is 6.01. The third kappa shape index (κ3) is 2.81. The molecule has 0 saturated carbocycles. The van der Waals surface area contributed by atoms with E-state index in [0.29, 0.717) is 5.65 Å². The largest absolute Gasteiger partial charge is 0.269 e. The fraction of sp³-hybridized carbons (Fsp3) is 0.250. The summed E-state index contributed by atoms with van der Waals surface area (Å²) in [6.45, 7) is 0. The van der Waals surface area contributed by atoms with Crippen LogP contribution in [0.25, 0.3) is 5.65 Å². The normalized spacial score (nSPS) is 13.7. The van der Waals surface area contributed by atoms with Crippen molar-refractivity contribution < 1.29 is 0 Å². The summed E-state index contributed by atoms with van der Waals surface area (Å²) >= 11 is 0. The average molecular weight is 315 g/mol. The van der Waals surface area contributed by atoms with Gasteiger partial charge in [-0.05, 0) is 55.9 Å². The molecule has 0 saturated heterocycles. The topological polar surface area (TPSA) is 47.3 Å². The maximum absolute atomic E-state index is 12.7. The van der Waals surface area contributed by atoms with Gasteiger partial charge in [-0.1, -0.05) is 18.4 Å². The van der Waals surface area contributed by atoms with Crippen molar-refractivity contribution in [3.8, 4) is 11.8 Å². The summed E-state index contributed by atoms with van der Waals surface area (Å²) in [4.78, 5) is 21.6. The molecule has 1 aliphatic carbocycles. The zero-order chi connectivity index (χ0) is 16.4. The molecule has 0 radical (unpaired) electrons. The Kier molecular flexibility index (Phi) is 3.84. The lowest BCUT2D eigenvalue weighted by Crippen LogP contribution is -2.22. The number of pyridine rings is 2. The van der Waals surface area contributed by atoms with Crippen molar-refractivity contribution in [1.29, 1.82) is 0 Å². The molecule has 0 N–H and O–H groups in total. The van der Waals surface area contributed by atoms with E-state index in [0.717, 1.165) is 54.6 Å². The van der Waals surface area contributed by atoms with Gasteiger partial charge in [-0.3, -0.25) is 9.20 Å². The minimum Gasteiger partial charge on any atom is -0.269 e. The number of hydrogen-bond acceptors (Lipinski definition) is 3. The predicted octanol–water partition coefficient (Wildman–Crippen LogP) is 2.76. The lowest BCUT2D eigenvalue weighted by atomic mass is 10.1. The van der Waals surface area contributed by atoms with Crippen LogP contribution in [0.2, 0.25) is 0 Å². The molecule has 4 nitrogen and oxygen atoms in total. The Morgan fingerprint density at radius 1 is 1.04 bits per heavy atom. The molecule has 3 heterocycles. The first-order valence-corrected chi connectivity index (χ1v) is 8.28. The molecule has 24 heavy (non-hydrogen) atoms. The number of fused-ring (bicyclic) bond motifs is 2. The Hall–Kier alpha value is -2.93. The van der Waals surface area contributed by atoms with Crippen LogP contribution < -0.4 is 5.56 Å². The number of aromatic nitrogens is 3. The van der Waals surface area contributed by atoms with E-state index in [-0.39, 0.29) is 5.56 Å². The molecule has 1 aliphatic rings. The molecule has 3 aromatic rings. The van der Waals surface area contributed by atoms with Gasteiger partial charge in [-0.25, -0.2) is 9.97 Å². The summed E-state index contributed by atoms with van der Waals surface area (Å²) in [6, 6.07) is 9.38.